The highest BCUT2D eigenvalue weighted by Crippen LogP contribution is 2.45. The van der Waals surface area contributed by atoms with Crippen LogP contribution in [0.15, 0.2) is 24.3 Å². The Bertz CT molecular complexity index is 1880. The summed E-state index contributed by atoms with van der Waals surface area (Å²) in [4.78, 5) is 72.5. The fourth-order valence-corrected chi connectivity index (χ4v) is 11.9. The largest absolute Gasteiger partial charge is 0.472 e. The Balaban J connectivity index is 5.20. The van der Waals surface area contributed by atoms with Gasteiger partial charge in [0.25, 0.3) is 0 Å². The van der Waals surface area contributed by atoms with Crippen molar-refractivity contribution in [1.29, 1.82) is 0 Å². The molecule has 0 aliphatic rings. The van der Waals surface area contributed by atoms with Crippen molar-refractivity contribution >= 4 is 39.5 Å². The molecule has 0 aromatic rings. The lowest BCUT2D eigenvalue weighted by molar-refractivity contribution is -0.161. The first kappa shape index (κ1) is 88.5. The Morgan fingerprint density at radius 1 is 0.341 bits per heavy atom. The minimum absolute atomic E-state index is 0.0949. The Morgan fingerprint density at radius 3 is 0.890 bits per heavy atom. The van der Waals surface area contributed by atoms with E-state index in [0.29, 0.717) is 37.5 Å². The smallest absolute Gasteiger partial charge is 0.462 e. The summed E-state index contributed by atoms with van der Waals surface area (Å²) in [6, 6.07) is 0. The van der Waals surface area contributed by atoms with Gasteiger partial charge in [0.15, 0.2) is 12.2 Å². The van der Waals surface area contributed by atoms with E-state index in [4.69, 9.17) is 37.0 Å². The first-order valence-corrected chi connectivity index (χ1v) is 39.7. The Kier molecular flexibility index (Phi) is 60.7. The van der Waals surface area contributed by atoms with Gasteiger partial charge in [0, 0.05) is 25.7 Å². The van der Waals surface area contributed by atoms with Gasteiger partial charge in [-0.15, -0.1) is 0 Å². The van der Waals surface area contributed by atoms with Crippen LogP contribution >= 0.6 is 15.6 Å². The average molecular weight is 1340 g/mol. The van der Waals surface area contributed by atoms with E-state index in [9.17, 15) is 43.2 Å². The third kappa shape index (κ3) is 66.0. The number of phosphoric ester groups is 2. The standard InChI is InChI=1S/C72H136O17P2/c1-8-9-10-11-12-13-14-15-17-21-24-27-30-39-46-53-69(74)82-59-68(89-72(77)56-49-42-35-33-38-45-52-65(6)7)62-87-91(80,81)85-58-66(73)57-84-90(78,79)86-61-67(60-83-70(75)54-47-40-34-32-37-44-51-64(4)5)88-71(76)55-48-41-31-28-25-22-19-16-18-20-23-26-29-36-43-50-63(2)3/h13-15,17,63-68,73H,8-12,16,18-62H2,1-7H3,(H,78,79)(H,80,81)/b14-13-,17-15-/t66?,67-,68-/m1/s1. The van der Waals surface area contributed by atoms with Gasteiger partial charge < -0.3 is 33.8 Å². The first-order valence-electron chi connectivity index (χ1n) is 36.7. The van der Waals surface area contributed by atoms with E-state index in [1.165, 1.54) is 122 Å². The minimum atomic E-state index is -4.96. The van der Waals surface area contributed by atoms with E-state index in [0.717, 1.165) is 121 Å². The molecule has 0 radical (unpaired) electrons. The van der Waals surface area contributed by atoms with Gasteiger partial charge in [-0.2, -0.15) is 0 Å². The van der Waals surface area contributed by atoms with Crippen molar-refractivity contribution in [3.8, 4) is 0 Å². The number of esters is 4. The number of carbonyl (C=O) groups is 4. The normalized spacial score (nSPS) is 14.3. The van der Waals surface area contributed by atoms with Gasteiger partial charge in [-0.3, -0.25) is 37.3 Å². The Morgan fingerprint density at radius 2 is 0.593 bits per heavy atom. The van der Waals surface area contributed by atoms with Crippen molar-refractivity contribution in [2.75, 3.05) is 39.6 Å². The molecule has 0 saturated heterocycles. The van der Waals surface area contributed by atoms with E-state index in [2.05, 4.69) is 72.8 Å². The molecular weight excluding hydrogens is 1200 g/mol. The highest BCUT2D eigenvalue weighted by atomic mass is 31.2. The minimum Gasteiger partial charge on any atom is -0.462 e. The molecule has 0 rings (SSSR count). The van der Waals surface area contributed by atoms with Gasteiger partial charge in [0.2, 0.25) is 0 Å². The van der Waals surface area contributed by atoms with Crippen LogP contribution in [0.1, 0.15) is 337 Å². The molecule has 0 amide bonds. The molecule has 3 N–H and O–H groups in total. The number of rotatable bonds is 68. The maximum absolute atomic E-state index is 13.0. The van der Waals surface area contributed by atoms with Crippen LogP contribution in [0.2, 0.25) is 0 Å². The molecular formula is C72H136O17P2. The molecule has 0 aromatic carbocycles. The predicted molar refractivity (Wildman–Crippen MR) is 367 cm³/mol. The van der Waals surface area contributed by atoms with Gasteiger partial charge in [-0.1, -0.05) is 285 Å². The summed E-state index contributed by atoms with van der Waals surface area (Å²) in [7, 11) is -9.91. The average Bonchev–Trinajstić information content (AvgIpc) is 3.10. The zero-order valence-corrected chi connectivity index (χ0v) is 60.6. The van der Waals surface area contributed by atoms with Gasteiger partial charge in [-0.25, -0.2) is 9.13 Å². The van der Waals surface area contributed by atoms with Crippen LogP contribution in [0, 0.1) is 17.8 Å². The second-order valence-corrected chi connectivity index (χ2v) is 29.6. The molecule has 0 fully saturated rings. The highest BCUT2D eigenvalue weighted by Gasteiger charge is 2.30. The van der Waals surface area contributed by atoms with Crippen molar-refractivity contribution in [3.63, 3.8) is 0 Å². The summed E-state index contributed by atoms with van der Waals surface area (Å²) in [6.07, 6.45) is 49.8. The number of carbonyl (C=O) groups excluding carboxylic acids is 4. The van der Waals surface area contributed by atoms with Crippen LogP contribution in [-0.2, 0) is 65.4 Å². The number of unbranched alkanes of at least 4 members (excludes halogenated alkanes) is 33. The van der Waals surface area contributed by atoms with Gasteiger partial charge in [-0.05, 0) is 69.1 Å². The molecule has 5 atom stereocenters. The molecule has 91 heavy (non-hydrogen) atoms. The van der Waals surface area contributed by atoms with Crippen LogP contribution in [0.25, 0.3) is 0 Å². The van der Waals surface area contributed by atoms with Crippen molar-refractivity contribution < 1.29 is 80.2 Å². The molecule has 19 heteroatoms. The molecule has 0 aromatic heterocycles. The maximum Gasteiger partial charge on any atom is 0.472 e. The van der Waals surface area contributed by atoms with E-state index in [-0.39, 0.29) is 25.7 Å². The number of hydrogen-bond donors (Lipinski definition) is 3. The molecule has 0 aliphatic carbocycles. The third-order valence-electron chi connectivity index (χ3n) is 16.0. The van der Waals surface area contributed by atoms with E-state index >= 15 is 0 Å². The van der Waals surface area contributed by atoms with Gasteiger partial charge >= 0.3 is 39.5 Å². The molecule has 0 bridgehead atoms. The molecule has 0 spiro atoms. The maximum atomic E-state index is 13.0. The van der Waals surface area contributed by atoms with Crippen LogP contribution < -0.4 is 0 Å². The molecule has 0 heterocycles. The Hall–Kier alpha value is -2.46. The number of phosphoric acid groups is 2. The van der Waals surface area contributed by atoms with E-state index < -0.39 is 97.5 Å². The summed E-state index contributed by atoms with van der Waals surface area (Å²) in [5.74, 6) is -0.0164. The molecule has 0 saturated carbocycles. The fourth-order valence-electron chi connectivity index (χ4n) is 10.4. The van der Waals surface area contributed by atoms with Gasteiger partial charge in [0.05, 0.1) is 26.4 Å². The van der Waals surface area contributed by atoms with Crippen molar-refractivity contribution in [3.05, 3.63) is 24.3 Å². The lowest BCUT2D eigenvalue weighted by Crippen LogP contribution is -2.30. The fraction of sp³-hybridized carbons (Fsp3) is 0.889. The lowest BCUT2D eigenvalue weighted by atomic mass is 10.0. The second-order valence-electron chi connectivity index (χ2n) is 26.7. The van der Waals surface area contributed by atoms with Crippen molar-refractivity contribution in [2.45, 2.75) is 356 Å². The number of aliphatic hydroxyl groups is 1. The quantitative estimate of drug-likeness (QED) is 0.0169. The predicted octanol–water partition coefficient (Wildman–Crippen LogP) is 20.2. The van der Waals surface area contributed by atoms with E-state index in [1.54, 1.807) is 0 Å². The molecule has 536 valence electrons. The van der Waals surface area contributed by atoms with Crippen LogP contribution in [0.5, 0.6) is 0 Å². The summed E-state index contributed by atoms with van der Waals surface area (Å²) in [5, 5.41) is 10.6. The van der Waals surface area contributed by atoms with Crippen LogP contribution in [0.4, 0.5) is 0 Å². The zero-order valence-electron chi connectivity index (χ0n) is 58.8. The molecule has 17 nitrogen and oxygen atoms in total. The summed E-state index contributed by atoms with van der Waals surface area (Å²) >= 11 is 0. The van der Waals surface area contributed by atoms with Crippen molar-refractivity contribution in [1.82, 2.24) is 0 Å². The van der Waals surface area contributed by atoms with Crippen LogP contribution in [-0.4, -0.2) is 96.7 Å². The first-order chi connectivity index (χ1) is 43.7. The number of allylic oxidation sites excluding steroid dienone is 4. The molecule has 0 aliphatic heterocycles. The topological polar surface area (TPSA) is 237 Å². The van der Waals surface area contributed by atoms with Crippen molar-refractivity contribution in [2.24, 2.45) is 17.8 Å². The monoisotopic (exact) mass is 1330 g/mol. The summed E-state index contributed by atoms with van der Waals surface area (Å²) in [5.41, 5.74) is 0. The third-order valence-corrected chi connectivity index (χ3v) is 17.9. The lowest BCUT2D eigenvalue weighted by Gasteiger charge is -2.21. The summed E-state index contributed by atoms with van der Waals surface area (Å²) in [6.45, 7) is 11.6. The van der Waals surface area contributed by atoms with E-state index in [1.807, 2.05) is 0 Å². The number of aliphatic hydroxyl groups excluding tert-OH is 1. The Labute approximate surface area is 554 Å². The SMILES string of the molecule is CCCCCC/C=C\C=C/CCCCCCCC(=O)OC[C@H](COP(=O)(O)OCC(O)COP(=O)(O)OC[C@@H](COC(=O)CCCCCCCCC(C)C)OC(=O)CCCCCCCCCCCCCCCCCC(C)C)OC(=O)CCCCCCCCC(C)C. The number of ether oxygens (including phenoxy) is 4. The number of hydrogen-bond acceptors (Lipinski definition) is 15. The molecule has 3 unspecified atom stereocenters. The second kappa shape index (κ2) is 62.4. The highest BCUT2D eigenvalue weighted by molar-refractivity contribution is 7.47. The zero-order chi connectivity index (χ0) is 67.3. The van der Waals surface area contributed by atoms with Crippen LogP contribution in [0.3, 0.4) is 0 Å². The van der Waals surface area contributed by atoms with Gasteiger partial charge in [0.1, 0.15) is 19.3 Å². The summed E-state index contributed by atoms with van der Waals surface area (Å²) < 4.78 is 68.2.